The molecule has 3 heteroatoms. The number of halogens is 1. The molecule has 88 valence electrons. The van der Waals surface area contributed by atoms with Gasteiger partial charge in [-0.2, -0.15) is 0 Å². The monoisotopic (exact) mass is 283 g/mol. The van der Waals surface area contributed by atoms with Gasteiger partial charge in [0.05, 0.1) is 6.10 Å². The Morgan fingerprint density at radius 1 is 1.50 bits per heavy atom. The minimum absolute atomic E-state index is 0.261. The Morgan fingerprint density at radius 3 is 3.12 bits per heavy atom. The Bertz CT molecular complexity index is 342. The zero-order chi connectivity index (χ0) is 11.4. The molecule has 0 aliphatic carbocycles. The Morgan fingerprint density at radius 2 is 2.38 bits per heavy atom. The van der Waals surface area contributed by atoms with Crippen LogP contribution in [0, 0.1) is 5.92 Å². The van der Waals surface area contributed by atoms with Crippen LogP contribution in [-0.2, 0) is 4.74 Å². The fourth-order valence-corrected chi connectivity index (χ4v) is 2.64. The number of ether oxygens (including phenoxy) is 1. The quantitative estimate of drug-likeness (QED) is 0.917. The molecule has 1 aromatic rings. The van der Waals surface area contributed by atoms with E-state index in [4.69, 9.17) is 4.74 Å². The lowest BCUT2D eigenvalue weighted by Gasteiger charge is -2.19. The molecule has 1 fully saturated rings. The van der Waals surface area contributed by atoms with Crippen LogP contribution in [0.3, 0.4) is 0 Å². The highest BCUT2D eigenvalue weighted by Gasteiger charge is 2.29. The molecule has 1 aromatic carbocycles. The molecule has 1 aliphatic heterocycles. The Hall–Kier alpha value is -0.380. The fourth-order valence-electron chi connectivity index (χ4n) is 2.22. The zero-order valence-electron chi connectivity index (χ0n) is 9.58. The largest absolute Gasteiger partial charge is 0.373 e. The van der Waals surface area contributed by atoms with Gasteiger partial charge in [0.25, 0.3) is 0 Å². The number of benzene rings is 1. The number of nitrogens with one attached hydrogen (secondary N) is 1. The van der Waals surface area contributed by atoms with Crippen LogP contribution in [0.2, 0.25) is 0 Å². The zero-order valence-corrected chi connectivity index (χ0v) is 11.2. The smallest absolute Gasteiger partial charge is 0.0866 e. The van der Waals surface area contributed by atoms with E-state index in [1.807, 2.05) is 0 Å². The fraction of sp³-hybridized carbons (Fsp3) is 0.538. The van der Waals surface area contributed by atoms with E-state index in [-0.39, 0.29) is 6.10 Å². The second-order valence-corrected chi connectivity index (χ2v) is 5.12. The Labute approximate surface area is 106 Å². The van der Waals surface area contributed by atoms with Crippen LogP contribution in [0.25, 0.3) is 0 Å². The summed E-state index contributed by atoms with van der Waals surface area (Å²) in [5, 5.41) is 3.41. The Balaban J connectivity index is 2.07. The van der Waals surface area contributed by atoms with Crippen molar-refractivity contribution in [3.63, 3.8) is 0 Å². The van der Waals surface area contributed by atoms with Gasteiger partial charge < -0.3 is 10.1 Å². The summed E-state index contributed by atoms with van der Waals surface area (Å²) in [6.07, 6.45) is 1.42. The molecular weight excluding hydrogens is 266 g/mol. The van der Waals surface area contributed by atoms with Gasteiger partial charge in [-0.15, -0.1) is 0 Å². The molecule has 1 N–H and O–H groups in total. The van der Waals surface area contributed by atoms with Gasteiger partial charge in [-0.05, 0) is 30.7 Å². The van der Waals surface area contributed by atoms with Gasteiger partial charge in [0, 0.05) is 23.5 Å². The minimum Gasteiger partial charge on any atom is -0.373 e. The van der Waals surface area contributed by atoms with Crippen molar-refractivity contribution in [3.8, 4) is 0 Å². The average Bonchev–Trinajstić information content (AvgIpc) is 2.74. The summed E-state index contributed by atoms with van der Waals surface area (Å²) in [6.45, 7) is 5.10. The van der Waals surface area contributed by atoms with E-state index in [1.54, 1.807) is 0 Å². The summed E-state index contributed by atoms with van der Waals surface area (Å²) in [6, 6.07) is 8.44. The molecule has 2 atom stereocenters. The van der Waals surface area contributed by atoms with Crippen molar-refractivity contribution < 1.29 is 4.74 Å². The second kappa shape index (κ2) is 5.80. The van der Waals surface area contributed by atoms with Gasteiger partial charge >= 0.3 is 0 Å². The first-order valence-corrected chi connectivity index (χ1v) is 6.68. The van der Waals surface area contributed by atoms with Crippen LogP contribution in [0.15, 0.2) is 28.7 Å². The lowest BCUT2D eigenvalue weighted by molar-refractivity contribution is 0.0906. The van der Waals surface area contributed by atoms with E-state index in [1.165, 1.54) is 5.56 Å². The number of hydrogen-bond donors (Lipinski definition) is 1. The van der Waals surface area contributed by atoms with Crippen molar-refractivity contribution in [1.29, 1.82) is 0 Å². The van der Waals surface area contributed by atoms with Gasteiger partial charge in [-0.3, -0.25) is 0 Å². The summed E-state index contributed by atoms with van der Waals surface area (Å²) in [5.41, 5.74) is 1.29. The standard InChI is InChI=1S/C13H18BrNO/c1-2-15-9-11-6-7-16-13(11)10-4-3-5-12(14)8-10/h3-5,8,11,13,15H,2,6-7,9H2,1H3. The van der Waals surface area contributed by atoms with Gasteiger partial charge in [0.2, 0.25) is 0 Å². The molecule has 0 radical (unpaired) electrons. The molecule has 1 aliphatic rings. The summed E-state index contributed by atoms with van der Waals surface area (Å²) >= 11 is 3.51. The van der Waals surface area contributed by atoms with Crippen molar-refractivity contribution in [1.82, 2.24) is 5.32 Å². The molecule has 1 saturated heterocycles. The van der Waals surface area contributed by atoms with E-state index < -0.39 is 0 Å². The molecule has 0 saturated carbocycles. The van der Waals surface area contributed by atoms with Crippen molar-refractivity contribution in [2.75, 3.05) is 19.7 Å². The molecule has 0 amide bonds. The normalized spacial score (nSPS) is 24.9. The SMILES string of the molecule is CCNCC1CCOC1c1cccc(Br)c1. The van der Waals surface area contributed by atoms with Gasteiger partial charge in [-0.25, -0.2) is 0 Å². The van der Waals surface area contributed by atoms with Crippen molar-refractivity contribution in [3.05, 3.63) is 34.3 Å². The molecular formula is C13H18BrNO. The lowest BCUT2D eigenvalue weighted by Crippen LogP contribution is -2.24. The van der Waals surface area contributed by atoms with Crippen LogP contribution < -0.4 is 5.32 Å². The molecule has 16 heavy (non-hydrogen) atoms. The summed E-state index contributed by atoms with van der Waals surface area (Å²) in [5.74, 6) is 0.606. The van der Waals surface area contributed by atoms with E-state index in [0.29, 0.717) is 5.92 Å². The third-order valence-electron chi connectivity index (χ3n) is 3.05. The highest BCUT2D eigenvalue weighted by atomic mass is 79.9. The van der Waals surface area contributed by atoms with Crippen LogP contribution in [0.5, 0.6) is 0 Å². The summed E-state index contributed by atoms with van der Waals surface area (Å²) < 4.78 is 6.97. The Kier molecular flexibility index (Phi) is 4.38. The first-order valence-electron chi connectivity index (χ1n) is 5.89. The predicted molar refractivity (Wildman–Crippen MR) is 69.5 cm³/mol. The number of hydrogen-bond acceptors (Lipinski definition) is 2. The lowest BCUT2D eigenvalue weighted by atomic mass is 9.95. The third-order valence-corrected chi connectivity index (χ3v) is 3.54. The first kappa shape index (κ1) is 12.1. The van der Waals surface area contributed by atoms with E-state index in [9.17, 15) is 0 Å². The van der Waals surface area contributed by atoms with E-state index >= 15 is 0 Å². The minimum atomic E-state index is 0.261. The molecule has 0 bridgehead atoms. The van der Waals surface area contributed by atoms with Crippen molar-refractivity contribution in [2.45, 2.75) is 19.4 Å². The van der Waals surface area contributed by atoms with Crippen LogP contribution in [0.4, 0.5) is 0 Å². The van der Waals surface area contributed by atoms with Gasteiger partial charge in [0.1, 0.15) is 0 Å². The summed E-state index contributed by atoms with van der Waals surface area (Å²) in [7, 11) is 0. The topological polar surface area (TPSA) is 21.3 Å². The molecule has 2 rings (SSSR count). The van der Waals surface area contributed by atoms with Gasteiger partial charge in [-0.1, -0.05) is 35.0 Å². The average molecular weight is 284 g/mol. The predicted octanol–water partition coefficient (Wildman–Crippen LogP) is 3.14. The van der Waals surface area contributed by atoms with E-state index in [2.05, 4.69) is 52.4 Å². The van der Waals surface area contributed by atoms with Crippen LogP contribution in [-0.4, -0.2) is 19.7 Å². The maximum Gasteiger partial charge on any atom is 0.0866 e. The summed E-state index contributed by atoms with van der Waals surface area (Å²) in [4.78, 5) is 0. The maximum atomic E-state index is 5.84. The highest BCUT2D eigenvalue weighted by Crippen LogP contribution is 2.34. The van der Waals surface area contributed by atoms with Crippen LogP contribution in [0.1, 0.15) is 25.0 Å². The molecule has 2 unspecified atom stereocenters. The molecule has 0 spiro atoms. The van der Waals surface area contributed by atoms with Gasteiger partial charge in [0.15, 0.2) is 0 Å². The third kappa shape index (κ3) is 2.84. The second-order valence-electron chi connectivity index (χ2n) is 4.20. The maximum absolute atomic E-state index is 5.84. The van der Waals surface area contributed by atoms with Crippen LogP contribution >= 0.6 is 15.9 Å². The number of rotatable bonds is 4. The van der Waals surface area contributed by atoms with Crippen molar-refractivity contribution >= 4 is 15.9 Å². The van der Waals surface area contributed by atoms with E-state index in [0.717, 1.165) is 30.6 Å². The highest BCUT2D eigenvalue weighted by molar-refractivity contribution is 9.10. The van der Waals surface area contributed by atoms with Crippen molar-refractivity contribution in [2.24, 2.45) is 5.92 Å². The molecule has 1 heterocycles. The molecule has 2 nitrogen and oxygen atoms in total. The molecule has 0 aromatic heterocycles. The first-order chi connectivity index (χ1) is 7.81.